The van der Waals surface area contributed by atoms with E-state index >= 15 is 0 Å². The quantitative estimate of drug-likeness (QED) is 0.0966. The van der Waals surface area contributed by atoms with Crippen LogP contribution in [0.1, 0.15) is 55.6 Å². The van der Waals surface area contributed by atoms with E-state index in [0.29, 0.717) is 11.1 Å². The molecule has 2 nitrogen and oxygen atoms in total. The Hall–Kier alpha value is -6.17. The van der Waals surface area contributed by atoms with Crippen LogP contribution in [-0.4, -0.2) is 0 Å². The Morgan fingerprint density at radius 2 is 0.957 bits per heavy atom. The lowest BCUT2D eigenvalue weighted by Crippen LogP contribution is -2.04. The number of nitriles is 1. The molecule has 0 saturated heterocycles. The molecule has 0 unspecified atom stereocenters. The lowest BCUT2D eigenvalue weighted by molar-refractivity contribution is -0.137. The molecule has 0 bridgehead atoms. The molecule has 0 aliphatic heterocycles. The highest BCUT2D eigenvalue weighted by molar-refractivity contribution is 5.90. The van der Waals surface area contributed by atoms with Crippen molar-refractivity contribution in [3.05, 3.63) is 188 Å². The molecule has 228 valence electrons. The van der Waals surface area contributed by atoms with Gasteiger partial charge in [-0.3, -0.25) is 0 Å². The fourth-order valence-electron chi connectivity index (χ4n) is 4.76. The van der Waals surface area contributed by atoms with E-state index in [1.165, 1.54) is 12.1 Å². The van der Waals surface area contributed by atoms with Gasteiger partial charge in [-0.2, -0.15) is 18.4 Å². The third-order valence-corrected chi connectivity index (χ3v) is 7.47. The summed E-state index contributed by atoms with van der Waals surface area (Å²) >= 11 is 0. The predicted octanol–water partition coefficient (Wildman–Crippen LogP) is 11.8. The summed E-state index contributed by atoms with van der Waals surface area (Å²) in [6.45, 7) is 9.51. The summed E-state index contributed by atoms with van der Waals surface area (Å²) in [5.74, 6) is 0. The first-order chi connectivity index (χ1) is 22.7. The maximum atomic E-state index is 12.9. The molecule has 0 fully saturated rings. The number of nitrogens with zero attached hydrogens (tertiary/aromatic N) is 2. The van der Waals surface area contributed by atoms with E-state index in [1.54, 1.807) is 6.08 Å². The summed E-state index contributed by atoms with van der Waals surface area (Å²) in [5, 5.41) is 9.62. The van der Waals surface area contributed by atoms with E-state index in [9.17, 15) is 18.4 Å². The van der Waals surface area contributed by atoms with Crippen molar-refractivity contribution in [2.24, 2.45) is 0 Å². The van der Waals surface area contributed by atoms with Crippen molar-refractivity contribution in [3.8, 4) is 6.07 Å². The average molecular weight is 619 g/mol. The van der Waals surface area contributed by atoms with E-state index < -0.39 is 11.7 Å². The van der Waals surface area contributed by atoms with Crippen LogP contribution < -0.4 is 0 Å². The van der Waals surface area contributed by atoms with Crippen molar-refractivity contribution < 1.29 is 13.2 Å². The van der Waals surface area contributed by atoms with E-state index in [-0.39, 0.29) is 5.70 Å². The van der Waals surface area contributed by atoms with Gasteiger partial charge < -0.3 is 0 Å². The Kier molecular flexibility index (Phi) is 10.1. The minimum Gasteiger partial charge on any atom is -0.238 e. The van der Waals surface area contributed by atoms with Gasteiger partial charge in [0.25, 0.3) is 0 Å². The molecular formula is C42H29F3N2. The second kappa shape index (κ2) is 14.7. The van der Waals surface area contributed by atoms with Gasteiger partial charge in [-0.15, -0.1) is 0 Å². The Bertz CT molecular complexity index is 2030. The van der Waals surface area contributed by atoms with Gasteiger partial charge in [0.15, 0.2) is 5.70 Å². The molecule has 5 heteroatoms. The summed E-state index contributed by atoms with van der Waals surface area (Å²) in [6, 6.07) is 38.7. The zero-order valence-corrected chi connectivity index (χ0v) is 25.5. The van der Waals surface area contributed by atoms with Gasteiger partial charge in [-0.25, -0.2) is 4.85 Å². The van der Waals surface area contributed by atoms with Gasteiger partial charge in [0.05, 0.1) is 23.8 Å². The summed E-state index contributed by atoms with van der Waals surface area (Å²) in [6.07, 6.45) is 7.27. The highest BCUT2D eigenvalue weighted by Crippen LogP contribution is 2.31. The smallest absolute Gasteiger partial charge is 0.238 e. The number of benzene rings is 5. The Morgan fingerprint density at radius 1 is 0.574 bits per heavy atom. The van der Waals surface area contributed by atoms with Crippen molar-refractivity contribution in [1.29, 1.82) is 5.26 Å². The minimum absolute atomic E-state index is 0.272. The molecule has 0 aliphatic carbocycles. The second-order valence-electron chi connectivity index (χ2n) is 10.9. The Morgan fingerprint density at radius 3 is 1.34 bits per heavy atom. The third kappa shape index (κ3) is 8.94. The summed E-state index contributed by atoms with van der Waals surface area (Å²) in [7, 11) is 0. The molecular weight excluding hydrogens is 589 g/mol. The normalized spacial score (nSPS) is 12.3. The van der Waals surface area contributed by atoms with Gasteiger partial charge in [-0.1, -0.05) is 151 Å². The molecule has 5 aromatic carbocycles. The summed E-state index contributed by atoms with van der Waals surface area (Å²) in [5.41, 5.74) is 8.54. The van der Waals surface area contributed by atoms with Crippen molar-refractivity contribution in [2.45, 2.75) is 13.1 Å². The van der Waals surface area contributed by atoms with E-state index in [2.05, 4.69) is 35.2 Å². The molecule has 0 amide bonds. The van der Waals surface area contributed by atoms with Crippen LogP contribution >= 0.6 is 0 Å². The number of halogens is 3. The van der Waals surface area contributed by atoms with Crippen LogP contribution in [0.15, 0.2) is 121 Å². The molecule has 0 N–H and O–H groups in total. The number of rotatable bonds is 8. The number of allylic oxidation sites excluding steroid dienone is 1. The largest absolute Gasteiger partial charge is 0.416 e. The van der Waals surface area contributed by atoms with Gasteiger partial charge in [0.2, 0.25) is 0 Å². The van der Waals surface area contributed by atoms with Crippen molar-refractivity contribution >= 4 is 47.7 Å². The van der Waals surface area contributed by atoms with Crippen LogP contribution in [0.5, 0.6) is 0 Å². The number of alkyl halides is 3. The molecule has 0 atom stereocenters. The topological polar surface area (TPSA) is 28.1 Å². The number of aryl methyl sites for hydroxylation is 1. The Balaban J connectivity index is 1.18. The highest BCUT2D eigenvalue weighted by Gasteiger charge is 2.30. The molecule has 47 heavy (non-hydrogen) atoms. The lowest BCUT2D eigenvalue weighted by atomic mass is 10.0. The first-order valence-electron chi connectivity index (χ1n) is 14.8. The maximum absolute atomic E-state index is 12.9. The van der Waals surface area contributed by atoms with E-state index in [1.807, 2.05) is 110 Å². The Labute approximate surface area is 273 Å². The zero-order chi connectivity index (χ0) is 33.2. The predicted molar refractivity (Wildman–Crippen MR) is 188 cm³/mol. The fourth-order valence-corrected chi connectivity index (χ4v) is 4.76. The van der Waals surface area contributed by atoms with Crippen LogP contribution in [0.4, 0.5) is 13.2 Å². The van der Waals surface area contributed by atoms with Crippen LogP contribution in [0.25, 0.3) is 52.6 Å². The monoisotopic (exact) mass is 618 g/mol. The minimum atomic E-state index is -4.41. The molecule has 0 saturated carbocycles. The van der Waals surface area contributed by atoms with Crippen LogP contribution in [0.3, 0.4) is 0 Å². The summed E-state index contributed by atoms with van der Waals surface area (Å²) < 4.78 is 38.6. The van der Waals surface area contributed by atoms with Gasteiger partial charge in [0, 0.05) is 0 Å². The standard InChI is InChI=1S/C42H29F3N2/c1-30-3-21-37(22-4-30)39(29-46)27-35-17-13-33(14-18-35)11-9-31-5-7-32(8-6-31)10-12-34-15-19-36(20-16-34)28-41(47-2)38-23-25-40(26-24-38)42(43,44)45/h3-28H,1H3/b11-9+,12-10+,39-27+,41-28-. The summed E-state index contributed by atoms with van der Waals surface area (Å²) in [4.78, 5) is 3.51. The molecule has 0 spiro atoms. The third-order valence-electron chi connectivity index (χ3n) is 7.47. The molecule has 0 heterocycles. The average Bonchev–Trinajstić information content (AvgIpc) is 3.09. The molecule has 0 aromatic heterocycles. The van der Waals surface area contributed by atoms with E-state index in [0.717, 1.165) is 56.6 Å². The van der Waals surface area contributed by atoms with Gasteiger partial charge in [-0.05, 0) is 63.6 Å². The van der Waals surface area contributed by atoms with Crippen molar-refractivity contribution in [3.63, 3.8) is 0 Å². The number of hydrogen-bond acceptors (Lipinski definition) is 1. The van der Waals surface area contributed by atoms with Crippen LogP contribution in [-0.2, 0) is 6.18 Å². The fraction of sp³-hybridized carbons (Fsp3) is 0.0476. The van der Waals surface area contributed by atoms with Gasteiger partial charge in [0.1, 0.15) is 0 Å². The SMILES string of the molecule is [C-]#[N+]/C(=C\c1ccc(/C=C/c2ccc(/C=C/c3ccc(/C=C(\C#N)c4ccc(C)cc4)cc3)cc2)cc1)c1ccc(C(F)(F)F)cc1. The zero-order valence-electron chi connectivity index (χ0n) is 25.5. The first kappa shape index (κ1) is 32.2. The van der Waals surface area contributed by atoms with Crippen LogP contribution in [0, 0.1) is 24.8 Å². The highest BCUT2D eigenvalue weighted by atomic mass is 19.4. The molecule has 0 aliphatic rings. The number of hydrogen-bond donors (Lipinski definition) is 0. The van der Waals surface area contributed by atoms with Gasteiger partial charge >= 0.3 is 6.18 Å². The van der Waals surface area contributed by atoms with Crippen LogP contribution in [0.2, 0.25) is 0 Å². The molecule has 0 radical (unpaired) electrons. The van der Waals surface area contributed by atoms with E-state index in [4.69, 9.17) is 6.57 Å². The maximum Gasteiger partial charge on any atom is 0.416 e. The molecule has 5 rings (SSSR count). The molecule has 5 aromatic rings. The second-order valence-corrected chi connectivity index (χ2v) is 10.9. The van der Waals surface area contributed by atoms with Crippen molar-refractivity contribution in [1.82, 2.24) is 0 Å². The lowest BCUT2D eigenvalue weighted by Gasteiger charge is -2.07. The van der Waals surface area contributed by atoms with Crippen molar-refractivity contribution in [2.75, 3.05) is 0 Å². The first-order valence-corrected chi connectivity index (χ1v) is 14.8.